The number of rotatable bonds is 11. The molecule has 2 unspecified atom stereocenters. The first-order valence-corrected chi connectivity index (χ1v) is 18.9. The molecular formula is C42H43N9O6. The molecule has 2 aliphatic rings. The number of methoxy groups -OCH3 is 2. The maximum atomic E-state index is 14.0. The molecule has 0 radical (unpaired) electrons. The predicted molar refractivity (Wildman–Crippen MR) is 215 cm³/mol. The largest absolute Gasteiger partial charge is 0.497 e. The maximum absolute atomic E-state index is 14.0. The summed E-state index contributed by atoms with van der Waals surface area (Å²) in [5.41, 5.74) is 7.85. The van der Waals surface area contributed by atoms with Crippen LogP contribution in [0.5, 0.6) is 11.5 Å². The lowest BCUT2D eigenvalue weighted by atomic mass is 9.97. The van der Waals surface area contributed by atoms with Gasteiger partial charge >= 0.3 is 5.69 Å². The van der Waals surface area contributed by atoms with Crippen molar-refractivity contribution in [2.75, 3.05) is 26.1 Å². The second-order valence-corrected chi connectivity index (χ2v) is 14.6. The fourth-order valence-electron chi connectivity index (χ4n) is 8.25. The van der Waals surface area contributed by atoms with Crippen LogP contribution in [0.15, 0.2) is 88.7 Å². The Bertz CT molecular complexity index is 2630. The molecule has 0 spiro atoms. The van der Waals surface area contributed by atoms with Crippen LogP contribution >= 0.6 is 0 Å². The Labute approximate surface area is 327 Å². The van der Waals surface area contributed by atoms with E-state index in [1.807, 2.05) is 41.3 Å². The summed E-state index contributed by atoms with van der Waals surface area (Å²) in [5.74, 6) is 1.30. The van der Waals surface area contributed by atoms with Gasteiger partial charge < -0.3 is 25.4 Å². The van der Waals surface area contributed by atoms with Crippen LogP contribution in [0.3, 0.4) is 0 Å². The quantitative estimate of drug-likeness (QED) is 0.180. The van der Waals surface area contributed by atoms with Crippen LogP contribution in [0.25, 0.3) is 39.2 Å². The number of benzene rings is 2. The van der Waals surface area contributed by atoms with Crippen molar-refractivity contribution in [1.82, 2.24) is 33.8 Å². The van der Waals surface area contributed by atoms with Crippen molar-refractivity contribution in [3.8, 4) is 39.8 Å². The number of nitrogens with two attached hydrogens (primary N) is 1. The van der Waals surface area contributed by atoms with Crippen molar-refractivity contribution in [3.05, 3.63) is 111 Å². The molecule has 0 bridgehead atoms. The lowest BCUT2D eigenvalue weighted by Crippen LogP contribution is -2.44. The van der Waals surface area contributed by atoms with Gasteiger partial charge in [0.15, 0.2) is 0 Å². The number of amides is 2. The Morgan fingerprint density at radius 3 is 2.42 bits per heavy atom. The first-order valence-electron chi connectivity index (χ1n) is 18.9. The second kappa shape index (κ2) is 15.0. The molecule has 3 N–H and O–H groups in total. The van der Waals surface area contributed by atoms with Gasteiger partial charge in [0.1, 0.15) is 34.4 Å². The van der Waals surface area contributed by atoms with Gasteiger partial charge in [-0.2, -0.15) is 5.10 Å². The van der Waals surface area contributed by atoms with Gasteiger partial charge in [0, 0.05) is 61.2 Å². The third kappa shape index (κ3) is 6.58. The number of ether oxygens (including phenoxy) is 2. The highest BCUT2D eigenvalue weighted by Gasteiger charge is 2.38. The minimum atomic E-state index is -0.965. The number of nitrogens with one attached hydrogen (secondary N) is 1. The Hall–Kier alpha value is -6.77. The molecule has 15 nitrogen and oxygen atoms in total. The number of fused-ring (bicyclic) bond motifs is 2. The third-order valence-corrected chi connectivity index (χ3v) is 11.0. The van der Waals surface area contributed by atoms with E-state index < -0.39 is 23.2 Å². The van der Waals surface area contributed by atoms with Crippen molar-refractivity contribution in [2.45, 2.75) is 64.2 Å². The number of nitrogens with zero attached hydrogens (tertiary/aromatic N) is 7. The number of carbonyl (C=O) groups is 2. The lowest BCUT2D eigenvalue weighted by Gasteiger charge is -2.35. The molecule has 15 heteroatoms. The Kier molecular flexibility index (Phi) is 9.81. The van der Waals surface area contributed by atoms with Gasteiger partial charge in [0.2, 0.25) is 5.91 Å². The fourth-order valence-corrected chi connectivity index (χ4v) is 8.25. The predicted octanol–water partition coefficient (Wildman–Crippen LogP) is 5.11. The summed E-state index contributed by atoms with van der Waals surface area (Å²) >= 11 is 0. The molecule has 6 heterocycles. The second-order valence-electron chi connectivity index (χ2n) is 14.6. The van der Waals surface area contributed by atoms with Gasteiger partial charge in [-0.1, -0.05) is 30.3 Å². The number of primary amides is 1. The highest BCUT2D eigenvalue weighted by Crippen LogP contribution is 2.40. The molecule has 292 valence electrons. The molecule has 8 rings (SSSR count). The minimum absolute atomic E-state index is 0.0498. The normalized spacial score (nSPS) is 16.6. The molecule has 2 saturated heterocycles. The Morgan fingerprint density at radius 1 is 0.930 bits per heavy atom. The zero-order valence-corrected chi connectivity index (χ0v) is 32.1. The number of piperidine rings is 1. The van der Waals surface area contributed by atoms with Crippen LogP contribution in [0.2, 0.25) is 0 Å². The lowest BCUT2D eigenvalue weighted by molar-refractivity contribution is -0.130. The first-order chi connectivity index (χ1) is 27.6. The highest BCUT2D eigenvalue weighted by atomic mass is 16.5. The average Bonchev–Trinajstić information content (AvgIpc) is 3.80. The molecule has 6 aromatic rings. The van der Waals surface area contributed by atoms with E-state index in [1.165, 1.54) is 16.8 Å². The summed E-state index contributed by atoms with van der Waals surface area (Å²) < 4.78 is 15.4. The fraction of sp³-hybridized carbons (Fsp3) is 0.310. The number of hydrogen-bond donors (Lipinski definition) is 2. The molecule has 57 heavy (non-hydrogen) atoms. The zero-order chi connectivity index (χ0) is 40.0. The van der Waals surface area contributed by atoms with Crippen LogP contribution in [-0.2, 0) is 11.3 Å². The van der Waals surface area contributed by atoms with E-state index in [0.717, 1.165) is 45.9 Å². The molecule has 4 aromatic heterocycles. The summed E-state index contributed by atoms with van der Waals surface area (Å²) in [6, 6.07) is 19.5. The van der Waals surface area contributed by atoms with Gasteiger partial charge in [-0.15, -0.1) is 0 Å². The smallest absolute Gasteiger partial charge is 0.337 e. The van der Waals surface area contributed by atoms with Crippen LogP contribution in [-0.4, -0.2) is 72.4 Å². The molecule has 2 fully saturated rings. The van der Waals surface area contributed by atoms with Crippen molar-refractivity contribution in [1.29, 1.82) is 0 Å². The van der Waals surface area contributed by atoms with Crippen molar-refractivity contribution in [3.63, 3.8) is 0 Å². The summed E-state index contributed by atoms with van der Waals surface area (Å²) in [6.45, 7) is 4.67. The van der Waals surface area contributed by atoms with Crippen LogP contribution in [0.4, 0.5) is 5.82 Å². The van der Waals surface area contributed by atoms with E-state index in [-0.39, 0.29) is 35.1 Å². The molecule has 0 saturated carbocycles. The van der Waals surface area contributed by atoms with Gasteiger partial charge in [-0.3, -0.25) is 23.6 Å². The van der Waals surface area contributed by atoms with E-state index in [9.17, 15) is 19.2 Å². The van der Waals surface area contributed by atoms with Crippen molar-refractivity contribution >= 4 is 28.5 Å². The molecule has 0 aliphatic carbocycles. The van der Waals surface area contributed by atoms with E-state index in [1.54, 1.807) is 58.5 Å². The van der Waals surface area contributed by atoms with E-state index in [4.69, 9.17) is 25.3 Å². The summed E-state index contributed by atoms with van der Waals surface area (Å²) in [5, 5.41) is 9.59. The van der Waals surface area contributed by atoms with Gasteiger partial charge in [-0.05, 0) is 69.0 Å². The first kappa shape index (κ1) is 37.2. The highest BCUT2D eigenvalue weighted by molar-refractivity contribution is 6.02. The summed E-state index contributed by atoms with van der Waals surface area (Å²) in [4.78, 5) is 64.5. The van der Waals surface area contributed by atoms with Crippen LogP contribution in [0.1, 0.15) is 67.5 Å². The standard InChI is InChI=1S/C42H43N9O6/c1-24(2)49-38(36(39(43)53)41(54)50(42(49)55)33-7-5-6-18-44-33)26-10-8-25(9-11-26)37-35-31(51(47-37)29-17-20-48-28(21-29)13-15-34(48)52)16-19-45-40(35)46-23-27-12-14-30(56-3)22-32(27)57-4/h5-12,14,16,18-19,22,24,28-29H,13,15,17,20-21,23H2,1-4H3,(H2,43,53)(H,45,46). The maximum Gasteiger partial charge on any atom is 0.337 e. The van der Waals surface area contributed by atoms with Crippen molar-refractivity contribution < 1.29 is 19.1 Å². The van der Waals surface area contributed by atoms with Gasteiger partial charge in [-0.25, -0.2) is 19.3 Å². The minimum Gasteiger partial charge on any atom is -0.497 e. The topological polar surface area (TPSA) is 181 Å². The van der Waals surface area contributed by atoms with Crippen LogP contribution < -0.4 is 31.8 Å². The Morgan fingerprint density at radius 2 is 1.72 bits per heavy atom. The number of pyridine rings is 2. The molecular weight excluding hydrogens is 727 g/mol. The number of hydrogen-bond acceptors (Lipinski definition) is 10. The SMILES string of the molecule is COc1ccc(CNc2nccc3c2c(-c2ccc(-c4c(C(N)=O)c(=O)n(-c5ccccn5)c(=O)n4C(C)C)cc2)nn3C2CCN3C(=O)CCC3C2)c(OC)c1. The molecule has 2 amide bonds. The van der Waals surface area contributed by atoms with Gasteiger partial charge in [0.05, 0.1) is 36.9 Å². The molecule has 2 aromatic carbocycles. The average molecular weight is 770 g/mol. The third-order valence-electron chi connectivity index (χ3n) is 11.0. The van der Waals surface area contributed by atoms with Gasteiger partial charge in [0.25, 0.3) is 11.5 Å². The number of aromatic nitrogens is 6. The van der Waals surface area contributed by atoms with E-state index in [0.29, 0.717) is 48.1 Å². The van der Waals surface area contributed by atoms with E-state index in [2.05, 4.69) is 15.0 Å². The molecule has 2 atom stereocenters. The summed E-state index contributed by atoms with van der Waals surface area (Å²) in [7, 11) is 3.22. The summed E-state index contributed by atoms with van der Waals surface area (Å²) in [6.07, 6.45) is 6.19. The Balaban J connectivity index is 1.25. The monoisotopic (exact) mass is 769 g/mol. The van der Waals surface area contributed by atoms with E-state index >= 15 is 0 Å². The number of carbonyl (C=O) groups excluding carboxylic acids is 2. The molecule has 2 aliphatic heterocycles. The van der Waals surface area contributed by atoms with Crippen molar-refractivity contribution in [2.24, 2.45) is 5.73 Å². The van der Waals surface area contributed by atoms with Crippen LogP contribution in [0, 0.1) is 0 Å². The number of anilines is 1. The zero-order valence-electron chi connectivity index (χ0n) is 32.1.